The van der Waals surface area contributed by atoms with Crippen LogP contribution in [-0.2, 0) is 39.8 Å². The Hall–Kier alpha value is -0.758. The van der Waals surface area contributed by atoms with Crippen LogP contribution >= 0.6 is 7.92 Å². The molecule has 33 heavy (non-hydrogen) atoms. The third kappa shape index (κ3) is 15.0. The molecule has 0 unspecified atom stereocenters. The fourth-order valence-corrected chi connectivity index (χ4v) is 11.7. The van der Waals surface area contributed by atoms with Gasteiger partial charge in [-0.2, -0.15) is 0 Å². The zero-order chi connectivity index (χ0) is 24.5. The SMILES string of the molecule is C.CC(C)(C)[PH+](C(C)(C)C)C(C)(C)C.CNc1ccccc1-c1ccccc1.O=[S-](=O)O.[Pd]. The summed E-state index contributed by atoms with van der Waals surface area (Å²) < 4.78 is 24.1. The second kappa shape index (κ2) is 16.0. The molecule has 2 rings (SSSR count). The van der Waals surface area contributed by atoms with Gasteiger partial charge >= 0.3 is 0 Å². The van der Waals surface area contributed by atoms with E-state index >= 15 is 0 Å². The molecule has 0 aromatic heterocycles. The van der Waals surface area contributed by atoms with Crippen molar-refractivity contribution in [2.75, 3.05) is 12.4 Å². The van der Waals surface area contributed by atoms with E-state index in [0.717, 1.165) is 0 Å². The summed E-state index contributed by atoms with van der Waals surface area (Å²) in [6.45, 7) is 21.6. The Morgan fingerprint density at radius 2 is 1.06 bits per heavy atom. The molecule has 4 nitrogen and oxygen atoms in total. The Kier molecular flexibility index (Phi) is 17.9. The van der Waals surface area contributed by atoms with E-state index in [-0.39, 0.29) is 27.8 Å². The number of para-hydroxylation sites is 1. The minimum atomic E-state index is -2.86. The molecule has 2 N–H and O–H groups in total. The monoisotopic (exact) mass is 589 g/mol. The van der Waals surface area contributed by atoms with Crippen molar-refractivity contribution in [1.82, 2.24) is 0 Å². The van der Waals surface area contributed by atoms with Crippen molar-refractivity contribution in [3.63, 3.8) is 0 Å². The van der Waals surface area contributed by atoms with Crippen LogP contribution in [0.3, 0.4) is 0 Å². The Bertz CT molecular complexity index is 811. The van der Waals surface area contributed by atoms with E-state index < -0.39 is 18.9 Å². The van der Waals surface area contributed by atoms with E-state index in [0.29, 0.717) is 15.5 Å². The molecule has 0 radical (unpaired) electrons. The van der Waals surface area contributed by atoms with Crippen LogP contribution in [0.5, 0.6) is 0 Å². The maximum atomic E-state index is 8.56. The molecule has 0 amide bonds. The summed E-state index contributed by atoms with van der Waals surface area (Å²) in [6.07, 6.45) is 0. The molecule has 0 heterocycles. The Labute approximate surface area is 220 Å². The number of hydrogen-bond acceptors (Lipinski definition) is 4. The largest absolute Gasteiger partial charge is 0.439 e. The summed E-state index contributed by atoms with van der Waals surface area (Å²) >= 11 is 0. The van der Waals surface area contributed by atoms with Crippen LogP contribution in [0, 0.1) is 0 Å². The van der Waals surface area contributed by atoms with E-state index in [4.69, 9.17) is 13.0 Å². The van der Waals surface area contributed by atoms with Gasteiger partial charge in [-0.15, -0.1) is 0 Å². The Morgan fingerprint density at radius 1 is 0.727 bits per heavy atom. The van der Waals surface area contributed by atoms with Crippen LogP contribution in [0.4, 0.5) is 5.69 Å². The molecule has 2 aromatic carbocycles. The number of nitrogens with one attached hydrogen (secondary N) is 1. The summed E-state index contributed by atoms with van der Waals surface area (Å²) in [7, 11) is -1.31. The first-order valence-electron chi connectivity index (χ1n) is 10.5. The van der Waals surface area contributed by atoms with Gasteiger partial charge in [0.05, 0.1) is 15.5 Å². The first-order valence-corrected chi connectivity index (χ1v) is 13.0. The van der Waals surface area contributed by atoms with E-state index in [1.54, 1.807) is 0 Å². The zero-order valence-electron chi connectivity index (χ0n) is 21.2. The Balaban J connectivity index is -0.000000448. The summed E-state index contributed by atoms with van der Waals surface area (Å²) in [4.78, 5) is 0. The van der Waals surface area contributed by atoms with E-state index in [1.165, 1.54) is 16.8 Å². The van der Waals surface area contributed by atoms with Crippen LogP contribution in [0.2, 0.25) is 0 Å². The molecule has 7 heteroatoms. The summed E-state index contributed by atoms with van der Waals surface area (Å²) in [5, 5.41) is 4.66. The van der Waals surface area contributed by atoms with Gasteiger partial charge in [0.15, 0.2) is 0 Å². The summed E-state index contributed by atoms with van der Waals surface area (Å²) in [6, 6.07) is 18.7. The number of benzene rings is 2. The molecule has 0 aliphatic heterocycles. The molecule has 0 atom stereocenters. The summed E-state index contributed by atoms with van der Waals surface area (Å²) in [5.74, 6) is 0. The molecule has 0 aliphatic carbocycles. The third-order valence-electron chi connectivity index (χ3n) is 4.53. The minimum Gasteiger partial charge on any atom is -0.439 e. The van der Waals surface area contributed by atoms with Crippen molar-refractivity contribution in [2.24, 2.45) is 0 Å². The topological polar surface area (TPSA) is 66.4 Å². The van der Waals surface area contributed by atoms with Crippen LogP contribution < -0.4 is 5.32 Å². The third-order valence-corrected chi connectivity index (χ3v) is 9.03. The quantitative estimate of drug-likeness (QED) is 0.121. The van der Waals surface area contributed by atoms with Gasteiger partial charge < -0.3 is 18.3 Å². The van der Waals surface area contributed by atoms with Crippen LogP contribution in [-0.4, -0.2) is 27.1 Å². The molecule has 2 aromatic rings. The fourth-order valence-electron chi connectivity index (χ4n) is 4.95. The Morgan fingerprint density at radius 3 is 1.36 bits per heavy atom. The maximum Gasteiger partial charge on any atom is 0.0703 e. The van der Waals surface area contributed by atoms with Crippen LogP contribution in [0.25, 0.3) is 11.1 Å². The molecule has 0 saturated carbocycles. The molecular formula is C26H46NO3PPdS. The van der Waals surface area contributed by atoms with Gasteiger partial charge in [0, 0.05) is 57.6 Å². The van der Waals surface area contributed by atoms with Gasteiger partial charge in [0.2, 0.25) is 0 Å². The molecule has 0 bridgehead atoms. The molecule has 0 aliphatic rings. The van der Waals surface area contributed by atoms with Crippen molar-refractivity contribution in [2.45, 2.75) is 85.2 Å². The van der Waals surface area contributed by atoms with E-state index in [1.807, 2.05) is 19.2 Å². The number of rotatable bonds is 2. The first-order chi connectivity index (χ1) is 14.0. The first kappa shape index (κ1) is 36.8. The van der Waals surface area contributed by atoms with Gasteiger partial charge in [0.1, 0.15) is 0 Å². The van der Waals surface area contributed by atoms with Crippen molar-refractivity contribution < 1.29 is 33.4 Å². The van der Waals surface area contributed by atoms with Gasteiger partial charge in [0.25, 0.3) is 0 Å². The molecule has 194 valence electrons. The number of hydrogen-bond donors (Lipinski definition) is 2. The van der Waals surface area contributed by atoms with Crippen molar-refractivity contribution in [3.05, 3.63) is 54.6 Å². The summed E-state index contributed by atoms with van der Waals surface area (Å²) in [5.41, 5.74) is 3.66. The molecule has 0 fully saturated rings. The fraction of sp³-hybridized carbons (Fsp3) is 0.538. The number of anilines is 1. The molecule has 0 spiro atoms. The van der Waals surface area contributed by atoms with Crippen LogP contribution in [0.1, 0.15) is 69.7 Å². The van der Waals surface area contributed by atoms with Crippen molar-refractivity contribution >= 4 is 24.6 Å². The predicted octanol–water partition coefficient (Wildman–Crippen LogP) is 8.39. The van der Waals surface area contributed by atoms with Crippen LogP contribution in [0.15, 0.2) is 54.6 Å². The predicted molar refractivity (Wildman–Crippen MR) is 147 cm³/mol. The molecule has 0 saturated heterocycles. The van der Waals surface area contributed by atoms with E-state index in [9.17, 15) is 0 Å². The second-order valence-electron chi connectivity index (χ2n) is 10.5. The zero-order valence-corrected chi connectivity index (χ0v) is 24.6. The smallest absolute Gasteiger partial charge is 0.0703 e. The second-order valence-corrected chi connectivity index (χ2v) is 16.2. The van der Waals surface area contributed by atoms with E-state index in [2.05, 4.69) is 110 Å². The average molecular weight is 590 g/mol. The van der Waals surface area contributed by atoms with Gasteiger partial charge in [-0.25, -0.2) is 0 Å². The standard InChI is InChI=1S/C13H13N.C12H27P.CH4.HO3S.Pd/c1-14-13-10-6-5-9-12(13)11-7-3-2-4-8-11;1-10(2,3)13(11(4,5)6)12(7,8)9;;1-4(2)3;/h2-10,14H,1H3;1-9H3;1H4;(H,1,2,3);/q;;;-1;/p+1. The van der Waals surface area contributed by atoms with Crippen molar-refractivity contribution in [1.29, 1.82) is 0 Å². The van der Waals surface area contributed by atoms with Gasteiger partial charge in [-0.1, -0.05) is 56.0 Å². The maximum absolute atomic E-state index is 8.56. The van der Waals surface area contributed by atoms with Crippen molar-refractivity contribution in [3.8, 4) is 11.1 Å². The average Bonchev–Trinajstić information content (AvgIpc) is 2.58. The molecular weight excluding hydrogens is 544 g/mol. The minimum absolute atomic E-state index is 0. The van der Waals surface area contributed by atoms with Gasteiger partial charge in [-0.05, 0) is 73.9 Å². The normalized spacial score (nSPS) is 11.2. The van der Waals surface area contributed by atoms with Gasteiger partial charge in [-0.3, -0.25) is 0 Å².